The molecule has 0 saturated carbocycles. The van der Waals surface area contributed by atoms with E-state index in [4.69, 9.17) is 0 Å². The summed E-state index contributed by atoms with van der Waals surface area (Å²) in [4.78, 5) is 19.9. The third-order valence-electron chi connectivity index (χ3n) is 4.48. The predicted octanol–water partition coefficient (Wildman–Crippen LogP) is 2.12. The Kier molecular flexibility index (Phi) is 2.97. The van der Waals surface area contributed by atoms with E-state index in [9.17, 15) is 4.79 Å². The molecule has 3 fully saturated rings. The molecule has 2 aromatic rings. The highest BCUT2D eigenvalue weighted by Crippen LogP contribution is 2.28. The Balaban J connectivity index is 1.52. The van der Waals surface area contributed by atoms with Crippen molar-refractivity contribution in [2.24, 2.45) is 5.92 Å². The number of hydrogen-bond acceptors (Lipinski definition) is 4. The summed E-state index contributed by atoms with van der Waals surface area (Å²) >= 11 is 1.53. The second-order valence-electron chi connectivity index (χ2n) is 5.72. The molecular weight excluding hydrogens is 270 g/mol. The molecule has 0 aliphatic carbocycles. The fourth-order valence-electron chi connectivity index (χ4n) is 3.35. The summed E-state index contributed by atoms with van der Waals surface area (Å²) in [6.07, 6.45) is 4.21. The molecule has 0 aromatic carbocycles. The Labute approximate surface area is 121 Å². The van der Waals surface area contributed by atoms with Crippen LogP contribution in [0.1, 0.15) is 22.5 Å². The molecule has 3 aliphatic rings. The number of thiophene rings is 1. The normalized spacial score (nSPS) is 28.7. The van der Waals surface area contributed by atoms with Gasteiger partial charge in [0.15, 0.2) is 0 Å². The van der Waals surface area contributed by atoms with Crippen molar-refractivity contribution < 1.29 is 4.79 Å². The van der Waals surface area contributed by atoms with Gasteiger partial charge in [-0.2, -0.15) is 0 Å². The number of nitrogens with zero attached hydrogens (tertiary/aromatic N) is 2. The summed E-state index contributed by atoms with van der Waals surface area (Å²) in [7, 11) is 0. The van der Waals surface area contributed by atoms with Gasteiger partial charge in [0, 0.05) is 18.8 Å². The molecule has 3 saturated heterocycles. The number of amides is 1. The second kappa shape index (κ2) is 4.82. The molecule has 1 N–H and O–H groups in total. The first-order valence-electron chi connectivity index (χ1n) is 7.17. The lowest BCUT2D eigenvalue weighted by atomic mass is 9.84. The van der Waals surface area contributed by atoms with Gasteiger partial charge in [-0.15, -0.1) is 11.3 Å². The smallest absolute Gasteiger partial charge is 0.261 e. The summed E-state index contributed by atoms with van der Waals surface area (Å²) in [5, 5.41) is 3.23. The van der Waals surface area contributed by atoms with Crippen molar-refractivity contribution >= 4 is 27.5 Å². The number of pyridine rings is 1. The third kappa shape index (κ3) is 2.11. The second-order valence-corrected chi connectivity index (χ2v) is 6.80. The Morgan fingerprint density at radius 1 is 1.40 bits per heavy atom. The number of carbonyl (C=O) groups is 1. The van der Waals surface area contributed by atoms with Crippen molar-refractivity contribution in [1.29, 1.82) is 0 Å². The van der Waals surface area contributed by atoms with Gasteiger partial charge in [0.05, 0.1) is 15.1 Å². The van der Waals surface area contributed by atoms with E-state index in [0.29, 0.717) is 12.0 Å². The molecule has 2 aromatic heterocycles. The van der Waals surface area contributed by atoms with Crippen LogP contribution in [0.15, 0.2) is 24.4 Å². The van der Waals surface area contributed by atoms with Crippen LogP contribution < -0.4 is 5.32 Å². The van der Waals surface area contributed by atoms with Crippen molar-refractivity contribution in [1.82, 2.24) is 15.2 Å². The average Bonchev–Trinajstić information content (AvgIpc) is 2.92. The van der Waals surface area contributed by atoms with Gasteiger partial charge in [0.2, 0.25) is 0 Å². The highest BCUT2D eigenvalue weighted by Gasteiger charge is 2.35. The quantitative estimate of drug-likeness (QED) is 0.920. The minimum Gasteiger partial charge on any atom is -0.347 e. The minimum absolute atomic E-state index is 0.0618. The molecule has 5 rings (SSSR count). The Morgan fingerprint density at radius 2 is 2.25 bits per heavy atom. The lowest BCUT2D eigenvalue weighted by molar-refractivity contribution is 0.0622. The Bertz CT molecular complexity index is 612. The van der Waals surface area contributed by atoms with Crippen molar-refractivity contribution in [2.75, 3.05) is 19.6 Å². The standard InChI is InChI=1S/C15H17N3OS/c19-15(14-8-11-13(20-14)2-1-5-16-11)17-12-9-18-6-3-10(12)4-7-18/h1-2,5,8,10,12H,3-4,6-7,9H2,(H,17,19)/t12-/m1/s1. The molecule has 0 spiro atoms. The fourth-order valence-corrected chi connectivity index (χ4v) is 4.27. The number of piperidine rings is 3. The van der Waals surface area contributed by atoms with Gasteiger partial charge in [-0.25, -0.2) is 0 Å². The number of carbonyl (C=O) groups excluding carboxylic acids is 1. The summed E-state index contributed by atoms with van der Waals surface area (Å²) < 4.78 is 1.08. The highest BCUT2D eigenvalue weighted by atomic mass is 32.1. The zero-order valence-corrected chi connectivity index (χ0v) is 12.0. The van der Waals surface area contributed by atoms with Gasteiger partial charge in [-0.3, -0.25) is 9.78 Å². The van der Waals surface area contributed by atoms with E-state index in [1.807, 2.05) is 18.2 Å². The van der Waals surface area contributed by atoms with Gasteiger partial charge in [-0.1, -0.05) is 0 Å². The SMILES string of the molecule is O=C(N[C@@H]1CN2CCC1CC2)c1cc2ncccc2s1. The molecule has 104 valence electrons. The van der Waals surface area contributed by atoms with Crippen LogP contribution in [0.3, 0.4) is 0 Å². The molecule has 4 nitrogen and oxygen atoms in total. The van der Waals surface area contributed by atoms with Crippen LogP contribution in [0.5, 0.6) is 0 Å². The van der Waals surface area contributed by atoms with E-state index in [1.165, 1.54) is 37.3 Å². The van der Waals surface area contributed by atoms with Crippen LogP contribution in [-0.4, -0.2) is 41.5 Å². The van der Waals surface area contributed by atoms with Crippen LogP contribution >= 0.6 is 11.3 Å². The first-order valence-corrected chi connectivity index (χ1v) is 7.99. The van der Waals surface area contributed by atoms with Crippen LogP contribution in [0.4, 0.5) is 0 Å². The van der Waals surface area contributed by atoms with E-state index in [0.717, 1.165) is 21.6 Å². The van der Waals surface area contributed by atoms with Crippen LogP contribution in [-0.2, 0) is 0 Å². The van der Waals surface area contributed by atoms with Crippen molar-refractivity contribution in [3.8, 4) is 0 Å². The number of nitrogens with one attached hydrogen (secondary N) is 1. The Hall–Kier alpha value is -1.46. The van der Waals surface area contributed by atoms with Gasteiger partial charge in [-0.05, 0) is 50.0 Å². The molecule has 5 heteroatoms. The van der Waals surface area contributed by atoms with E-state index in [-0.39, 0.29) is 5.91 Å². The zero-order chi connectivity index (χ0) is 13.5. The number of hydrogen-bond donors (Lipinski definition) is 1. The molecule has 5 heterocycles. The van der Waals surface area contributed by atoms with E-state index >= 15 is 0 Å². The molecular formula is C15H17N3OS. The minimum atomic E-state index is 0.0618. The molecule has 3 aliphatic heterocycles. The summed E-state index contributed by atoms with van der Waals surface area (Å²) in [6, 6.07) is 6.14. The average molecular weight is 287 g/mol. The van der Waals surface area contributed by atoms with Gasteiger partial charge in [0.1, 0.15) is 0 Å². The topological polar surface area (TPSA) is 45.2 Å². The third-order valence-corrected chi connectivity index (χ3v) is 5.57. The fraction of sp³-hybridized carbons (Fsp3) is 0.467. The maximum atomic E-state index is 12.4. The first kappa shape index (κ1) is 12.3. The Morgan fingerprint density at radius 3 is 2.95 bits per heavy atom. The van der Waals surface area contributed by atoms with Crippen molar-refractivity contribution in [2.45, 2.75) is 18.9 Å². The monoisotopic (exact) mass is 287 g/mol. The van der Waals surface area contributed by atoms with Crippen LogP contribution in [0.25, 0.3) is 10.2 Å². The number of rotatable bonds is 2. The molecule has 1 atom stereocenters. The van der Waals surface area contributed by atoms with E-state index in [2.05, 4.69) is 15.2 Å². The predicted molar refractivity (Wildman–Crippen MR) is 80.0 cm³/mol. The van der Waals surface area contributed by atoms with Gasteiger partial charge in [0.25, 0.3) is 5.91 Å². The molecule has 20 heavy (non-hydrogen) atoms. The number of fused-ring (bicyclic) bond motifs is 4. The lowest BCUT2D eigenvalue weighted by Crippen LogP contribution is -2.57. The van der Waals surface area contributed by atoms with Crippen LogP contribution in [0.2, 0.25) is 0 Å². The summed E-state index contributed by atoms with van der Waals surface area (Å²) in [5.74, 6) is 0.725. The van der Waals surface area contributed by atoms with E-state index in [1.54, 1.807) is 6.20 Å². The first-order chi connectivity index (χ1) is 9.79. The van der Waals surface area contributed by atoms with Crippen molar-refractivity contribution in [3.63, 3.8) is 0 Å². The molecule has 1 amide bonds. The molecule has 0 unspecified atom stereocenters. The van der Waals surface area contributed by atoms with E-state index < -0.39 is 0 Å². The zero-order valence-electron chi connectivity index (χ0n) is 11.2. The van der Waals surface area contributed by atoms with Crippen molar-refractivity contribution in [3.05, 3.63) is 29.3 Å². The summed E-state index contributed by atoms with van der Waals surface area (Å²) in [5.41, 5.74) is 0.913. The maximum Gasteiger partial charge on any atom is 0.261 e. The highest BCUT2D eigenvalue weighted by molar-refractivity contribution is 7.20. The van der Waals surface area contributed by atoms with Gasteiger partial charge < -0.3 is 10.2 Å². The molecule has 2 bridgehead atoms. The maximum absolute atomic E-state index is 12.4. The summed E-state index contributed by atoms with van der Waals surface area (Å²) in [6.45, 7) is 3.41. The van der Waals surface area contributed by atoms with Crippen LogP contribution in [0, 0.1) is 5.92 Å². The number of aromatic nitrogens is 1. The largest absolute Gasteiger partial charge is 0.347 e. The molecule has 0 radical (unpaired) electrons. The lowest BCUT2D eigenvalue weighted by Gasteiger charge is -2.44. The van der Waals surface area contributed by atoms with Gasteiger partial charge >= 0.3 is 0 Å².